The predicted octanol–water partition coefficient (Wildman–Crippen LogP) is 2.67. The van der Waals surface area contributed by atoms with Crippen molar-refractivity contribution >= 4 is 40.7 Å². The van der Waals surface area contributed by atoms with Crippen molar-refractivity contribution in [1.82, 2.24) is 24.1 Å². The number of pyridine rings is 1. The Morgan fingerprint density at radius 2 is 2.05 bits per heavy atom. The van der Waals surface area contributed by atoms with Gasteiger partial charge in [0.1, 0.15) is 10.3 Å². The Hall–Kier alpha value is -1.57. The number of aryl methyl sites for hydroxylation is 1. The lowest BCUT2D eigenvalue weighted by Crippen LogP contribution is -2.20. The standard InChI is InChI=1S/C13H11Cl2N5OS/c1-7-5-10(21)20-13(17-12(18-20)22-2)19(7)6-8-3-4-9(14)16-11(8)15/h3-5H,6H2,1-2H3. The van der Waals surface area contributed by atoms with Crippen molar-refractivity contribution in [3.05, 3.63) is 50.1 Å². The second kappa shape index (κ2) is 5.91. The number of halogens is 2. The summed E-state index contributed by atoms with van der Waals surface area (Å²) in [6.45, 7) is 2.26. The maximum absolute atomic E-state index is 12.0. The minimum Gasteiger partial charge on any atom is -0.310 e. The van der Waals surface area contributed by atoms with E-state index in [-0.39, 0.29) is 5.56 Å². The van der Waals surface area contributed by atoms with E-state index in [0.717, 1.165) is 11.3 Å². The molecule has 0 amide bonds. The molecule has 6 nitrogen and oxygen atoms in total. The molecule has 0 spiro atoms. The molecule has 0 N–H and O–H groups in total. The van der Waals surface area contributed by atoms with Gasteiger partial charge in [-0.1, -0.05) is 41.0 Å². The van der Waals surface area contributed by atoms with E-state index < -0.39 is 0 Å². The number of hydrogen-bond donors (Lipinski definition) is 0. The third kappa shape index (κ3) is 2.71. The van der Waals surface area contributed by atoms with E-state index in [4.69, 9.17) is 23.2 Å². The van der Waals surface area contributed by atoms with Gasteiger partial charge < -0.3 is 4.57 Å². The molecule has 0 aliphatic heterocycles. The smallest absolute Gasteiger partial charge is 0.275 e. The third-order valence-electron chi connectivity index (χ3n) is 3.18. The molecule has 114 valence electrons. The number of thioether (sulfide) groups is 1. The molecule has 0 atom stereocenters. The van der Waals surface area contributed by atoms with Gasteiger partial charge in [0.2, 0.25) is 10.9 Å². The van der Waals surface area contributed by atoms with Crippen LogP contribution in [0.15, 0.2) is 28.2 Å². The first-order chi connectivity index (χ1) is 10.5. The molecule has 9 heteroatoms. The van der Waals surface area contributed by atoms with E-state index >= 15 is 0 Å². The molecule has 0 radical (unpaired) electrons. The van der Waals surface area contributed by atoms with Crippen molar-refractivity contribution in [3.63, 3.8) is 0 Å². The summed E-state index contributed by atoms with van der Waals surface area (Å²) in [5.41, 5.74) is 1.34. The van der Waals surface area contributed by atoms with E-state index in [1.165, 1.54) is 22.3 Å². The van der Waals surface area contributed by atoms with Crippen molar-refractivity contribution < 1.29 is 0 Å². The summed E-state index contributed by atoms with van der Waals surface area (Å²) < 4.78 is 3.15. The van der Waals surface area contributed by atoms with Crippen LogP contribution in [0.2, 0.25) is 10.3 Å². The Balaban J connectivity index is 2.17. The second-order valence-electron chi connectivity index (χ2n) is 4.60. The predicted molar refractivity (Wildman–Crippen MR) is 87.1 cm³/mol. The zero-order chi connectivity index (χ0) is 15.9. The van der Waals surface area contributed by atoms with Crippen molar-refractivity contribution in [3.8, 4) is 0 Å². The number of aromatic nitrogens is 5. The van der Waals surface area contributed by atoms with Crippen LogP contribution in [-0.4, -0.2) is 30.4 Å². The van der Waals surface area contributed by atoms with Gasteiger partial charge in [-0.05, 0) is 19.2 Å². The average Bonchev–Trinajstić information content (AvgIpc) is 2.90. The highest BCUT2D eigenvalue weighted by molar-refractivity contribution is 7.98. The van der Waals surface area contributed by atoms with Crippen LogP contribution in [0.5, 0.6) is 0 Å². The maximum atomic E-state index is 12.0. The van der Waals surface area contributed by atoms with E-state index in [1.807, 2.05) is 17.7 Å². The highest BCUT2D eigenvalue weighted by atomic mass is 35.5. The van der Waals surface area contributed by atoms with Gasteiger partial charge in [0.05, 0.1) is 6.54 Å². The van der Waals surface area contributed by atoms with Crippen molar-refractivity contribution in [2.45, 2.75) is 18.6 Å². The Labute approximate surface area is 140 Å². The molecule has 3 heterocycles. The van der Waals surface area contributed by atoms with Crippen molar-refractivity contribution in [2.24, 2.45) is 0 Å². The molecule has 22 heavy (non-hydrogen) atoms. The van der Waals surface area contributed by atoms with E-state index in [9.17, 15) is 4.79 Å². The summed E-state index contributed by atoms with van der Waals surface area (Å²) >= 11 is 13.3. The Kier molecular flexibility index (Phi) is 4.12. The van der Waals surface area contributed by atoms with Gasteiger partial charge in [-0.25, -0.2) is 4.98 Å². The quantitative estimate of drug-likeness (QED) is 0.533. The molecule has 3 rings (SSSR count). The summed E-state index contributed by atoms with van der Waals surface area (Å²) in [6, 6.07) is 5.00. The Morgan fingerprint density at radius 3 is 2.73 bits per heavy atom. The molecule has 3 aromatic heterocycles. The third-order valence-corrected chi connectivity index (χ3v) is 4.26. The van der Waals surface area contributed by atoms with E-state index in [0.29, 0.717) is 27.8 Å². The van der Waals surface area contributed by atoms with Crippen LogP contribution in [0, 0.1) is 6.92 Å². The van der Waals surface area contributed by atoms with Crippen LogP contribution < -0.4 is 5.56 Å². The van der Waals surface area contributed by atoms with Gasteiger partial charge in [-0.2, -0.15) is 9.50 Å². The molecule has 0 aromatic carbocycles. The number of fused-ring (bicyclic) bond motifs is 1. The summed E-state index contributed by atoms with van der Waals surface area (Å²) in [7, 11) is 0. The second-order valence-corrected chi connectivity index (χ2v) is 6.12. The Bertz CT molecular complexity index is 921. The lowest BCUT2D eigenvalue weighted by atomic mass is 10.2. The molecule has 0 saturated carbocycles. The first kappa shape index (κ1) is 15.3. The van der Waals surface area contributed by atoms with Gasteiger partial charge in [0.25, 0.3) is 5.56 Å². The monoisotopic (exact) mass is 355 g/mol. The minimum atomic E-state index is -0.211. The van der Waals surface area contributed by atoms with Gasteiger partial charge >= 0.3 is 0 Å². The van der Waals surface area contributed by atoms with Gasteiger partial charge in [0.15, 0.2) is 0 Å². The number of hydrogen-bond acceptors (Lipinski definition) is 5. The van der Waals surface area contributed by atoms with Crippen LogP contribution in [0.3, 0.4) is 0 Å². The molecule has 0 aliphatic rings. The van der Waals surface area contributed by atoms with E-state index in [1.54, 1.807) is 12.1 Å². The molecular formula is C13H11Cl2N5OS. The summed E-state index contributed by atoms with van der Waals surface area (Å²) in [5.74, 6) is 0.473. The summed E-state index contributed by atoms with van der Waals surface area (Å²) in [6.07, 6.45) is 1.86. The highest BCUT2D eigenvalue weighted by Crippen LogP contribution is 2.19. The molecule has 3 aromatic rings. The van der Waals surface area contributed by atoms with Crippen LogP contribution in [0.4, 0.5) is 0 Å². The molecular weight excluding hydrogens is 345 g/mol. The average molecular weight is 356 g/mol. The van der Waals surface area contributed by atoms with E-state index in [2.05, 4.69) is 15.1 Å². The van der Waals surface area contributed by atoms with Crippen molar-refractivity contribution in [2.75, 3.05) is 6.26 Å². The topological polar surface area (TPSA) is 65.1 Å². The van der Waals surface area contributed by atoms with Crippen LogP contribution >= 0.6 is 35.0 Å². The van der Waals surface area contributed by atoms with Gasteiger partial charge in [-0.15, -0.1) is 5.10 Å². The minimum absolute atomic E-state index is 0.211. The lowest BCUT2D eigenvalue weighted by molar-refractivity contribution is 0.727. The van der Waals surface area contributed by atoms with Gasteiger partial charge in [-0.3, -0.25) is 4.79 Å². The summed E-state index contributed by atoms with van der Waals surface area (Å²) in [4.78, 5) is 20.4. The zero-order valence-corrected chi connectivity index (χ0v) is 14.1. The van der Waals surface area contributed by atoms with Gasteiger partial charge in [0, 0.05) is 17.3 Å². The van der Waals surface area contributed by atoms with Crippen molar-refractivity contribution in [1.29, 1.82) is 0 Å². The molecule has 0 fully saturated rings. The van der Waals surface area contributed by atoms with Crippen LogP contribution in [0.1, 0.15) is 11.3 Å². The lowest BCUT2D eigenvalue weighted by Gasteiger charge is -2.12. The molecule has 0 unspecified atom stereocenters. The fraction of sp³-hybridized carbons (Fsp3) is 0.231. The fourth-order valence-corrected chi connectivity index (χ4v) is 2.84. The first-order valence-electron chi connectivity index (χ1n) is 6.31. The largest absolute Gasteiger partial charge is 0.310 e. The fourth-order valence-electron chi connectivity index (χ4n) is 2.09. The number of rotatable bonds is 3. The molecule has 0 bridgehead atoms. The Morgan fingerprint density at radius 1 is 1.27 bits per heavy atom. The molecule has 0 aliphatic carbocycles. The maximum Gasteiger partial charge on any atom is 0.275 e. The first-order valence-corrected chi connectivity index (χ1v) is 8.30. The highest BCUT2D eigenvalue weighted by Gasteiger charge is 2.13. The number of nitrogens with zero attached hydrogens (tertiary/aromatic N) is 5. The zero-order valence-electron chi connectivity index (χ0n) is 11.7. The van der Waals surface area contributed by atoms with Crippen LogP contribution in [-0.2, 0) is 6.54 Å². The SMILES string of the molecule is CSc1nc2n(Cc3ccc(Cl)nc3Cl)c(C)cc(=O)n2n1. The molecule has 0 saturated heterocycles. The van der Waals surface area contributed by atoms with Crippen LogP contribution in [0.25, 0.3) is 5.78 Å². The summed E-state index contributed by atoms with van der Waals surface area (Å²) in [5, 5.41) is 5.38. The normalized spacial score (nSPS) is 11.3.